The zero-order valence-corrected chi connectivity index (χ0v) is 15.1. The van der Waals surface area contributed by atoms with Gasteiger partial charge in [0.1, 0.15) is 5.52 Å². The van der Waals surface area contributed by atoms with Gasteiger partial charge in [-0.2, -0.15) is 0 Å². The van der Waals surface area contributed by atoms with Gasteiger partial charge in [-0.1, -0.05) is 30.3 Å². The Bertz CT molecular complexity index is 973. The van der Waals surface area contributed by atoms with Crippen molar-refractivity contribution in [3.8, 4) is 0 Å². The molecule has 4 rings (SSSR count). The molecule has 0 saturated carbocycles. The molecular formula is C21H21N3O3. The van der Waals surface area contributed by atoms with E-state index in [1.807, 2.05) is 18.2 Å². The van der Waals surface area contributed by atoms with Crippen molar-refractivity contribution in [3.63, 3.8) is 0 Å². The predicted octanol–water partition coefficient (Wildman–Crippen LogP) is 3.48. The predicted molar refractivity (Wildman–Crippen MR) is 102 cm³/mol. The fourth-order valence-corrected chi connectivity index (χ4v) is 3.59. The van der Waals surface area contributed by atoms with Gasteiger partial charge < -0.3 is 14.6 Å². The number of carbonyl (C=O) groups is 2. The maximum absolute atomic E-state index is 12.5. The van der Waals surface area contributed by atoms with Crippen molar-refractivity contribution < 1.29 is 14.0 Å². The minimum absolute atomic E-state index is 0.440. The summed E-state index contributed by atoms with van der Waals surface area (Å²) in [5.74, 6) is -0.111. The van der Waals surface area contributed by atoms with Crippen LogP contribution in [0.25, 0.3) is 11.1 Å². The number of carbonyl (C=O) groups excluding carboxylic acids is 2. The van der Waals surface area contributed by atoms with Gasteiger partial charge >= 0.3 is 11.8 Å². The Morgan fingerprint density at radius 1 is 1.11 bits per heavy atom. The Kier molecular flexibility index (Phi) is 4.62. The quantitative estimate of drug-likeness (QED) is 0.707. The highest BCUT2D eigenvalue weighted by atomic mass is 16.3. The number of anilines is 1. The van der Waals surface area contributed by atoms with Gasteiger partial charge in [-0.05, 0) is 36.5 Å². The molecule has 0 unspecified atom stereocenters. The van der Waals surface area contributed by atoms with Crippen LogP contribution in [0.15, 0.2) is 52.9 Å². The first-order valence-electron chi connectivity index (χ1n) is 9.12. The summed E-state index contributed by atoms with van der Waals surface area (Å²) in [5, 5.41) is 2.67. The molecule has 1 N–H and O–H groups in total. The molecule has 1 aliphatic rings. The summed E-state index contributed by atoms with van der Waals surface area (Å²) in [5.41, 5.74) is 3.13. The van der Waals surface area contributed by atoms with Gasteiger partial charge in [0.25, 0.3) is 0 Å². The molecule has 0 atom stereocenters. The molecule has 0 radical (unpaired) electrons. The van der Waals surface area contributed by atoms with E-state index in [9.17, 15) is 9.59 Å². The van der Waals surface area contributed by atoms with E-state index in [0.717, 1.165) is 18.4 Å². The van der Waals surface area contributed by atoms with Crippen molar-refractivity contribution in [2.24, 2.45) is 0 Å². The molecule has 2 amide bonds. The number of oxazole rings is 1. The van der Waals surface area contributed by atoms with Crippen LogP contribution in [0.5, 0.6) is 0 Å². The van der Waals surface area contributed by atoms with E-state index in [-0.39, 0.29) is 0 Å². The van der Waals surface area contributed by atoms with Crippen molar-refractivity contribution in [1.29, 1.82) is 0 Å². The summed E-state index contributed by atoms with van der Waals surface area (Å²) in [6.45, 7) is 2.94. The lowest BCUT2D eigenvalue weighted by Gasteiger charge is -2.31. The average Bonchev–Trinajstić information content (AvgIpc) is 3.07. The van der Waals surface area contributed by atoms with Crippen molar-refractivity contribution in [2.45, 2.75) is 25.7 Å². The Labute approximate surface area is 157 Å². The molecule has 1 aromatic heterocycles. The molecule has 1 saturated heterocycles. The molecule has 6 nitrogen and oxygen atoms in total. The van der Waals surface area contributed by atoms with Crippen LogP contribution in [-0.2, 0) is 9.59 Å². The number of piperidine rings is 1. The topological polar surface area (TPSA) is 75.4 Å². The highest BCUT2D eigenvalue weighted by Gasteiger charge is 2.27. The molecule has 138 valence electrons. The van der Waals surface area contributed by atoms with E-state index in [4.69, 9.17) is 4.42 Å². The Hall–Kier alpha value is -3.15. The third-order valence-electron chi connectivity index (χ3n) is 5.00. The number of nitrogens with one attached hydrogen (secondary N) is 1. The van der Waals surface area contributed by atoms with Crippen LogP contribution in [-0.4, -0.2) is 34.8 Å². The third kappa shape index (κ3) is 3.69. The van der Waals surface area contributed by atoms with Gasteiger partial charge in [0.2, 0.25) is 0 Å². The molecule has 6 heteroatoms. The smallest absolute Gasteiger partial charge is 0.313 e. The number of hydrogen-bond acceptors (Lipinski definition) is 4. The van der Waals surface area contributed by atoms with Gasteiger partial charge in [0.05, 0.1) is 0 Å². The minimum Gasteiger partial charge on any atom is -0.441 e. The SMILES string of the molecule is Cc1nc2ccc(NC(=O)C(=O)N3CCC(c4ccccc4)CC3)cc2o1. The number of aromatic nitrogens is 1. The molecule has 0 spiro atoms. The van der Waals surface area contributed by atoms with Gasteiger partial charge in [-0.25, -0.2) is 4.98 Å². The maximum atomic E-state index is 12.5. The zero-order chi connectivity index (χ0) is 18.8. The molecule has 0 aliphatic carbocycles. The summed E-state index contributed by atoms with van der Waals surface area (Å²) in [6.07, 6.45) is 1.73. The van der Waals surface area contributed by atoms with Crippen molar-refractivity contribution >= 4 is 28.6 Å². The van der Waals surface area contributed by atoms with Crippen LogP contribution in [0.1, 0.15) is 30.2 Å². The van der Waals surface area contributed by atoms with E-state index >= 15 is 0 Å². The number of fused-ring (bicyclic) bond motifs is 1. The summed E-state index contributed by atoms with van der Waals surface area (Å²) in [4.78, 5) is 30.7. The summed E-state index contributed by atoms with van der Waals surface area (Å²) in [6, 6.07) is 15.5. The normalized spacial score (nSPS) is 15.1. The summed E-state index contributed by atoms with van der Waals surface area (Å²) in [7, 11) is 0. The second-order valence-corrected chi connectivity index (χ2v) is 6.85. The molecule has 2 aromatic carbocycles. The van der Waals surface area contributed by atoms with Crippen LogP contribution in [0.4, 0.5) is 5.69 Å². The number of hydrogen-bond donors (Lipinski definition) is 1. The highest BCUT2D eigenvalue weighted by Crippen LogP contribution is 2.28. The largest absolute Gasteiger partial charge is 0.441 e. The van der Waals surface area contributed by atoms with Crippen LogP contribution in [0.3, 0.4) is 0 Å². The van der Waals surface area contributed by atoms with Crippen LogP contribution >= 0.6 is 0 Å². The molecule has 27 heavy (non-hydrogen) atoms. The Morgan fingerprint density at radius 3 is 2.59 bits per heavy atom. The van der Waals surface area contributed by atoms with Crippen LogP contribution in [0.2, 0.25) is 0 Å². The molecule has 0 bridgehead atoms. The lowest BCUT2D eigenvalue weighted by atomic mass is 9.89. The van der Waals surface area contributed by atoms with Crippen LogP contribution < -0.4 is 5.32 Å². The van der Waals surface area contributed by atoms with E-state index in [1.54, 1.807) is 30.0 Å². The molecule has 2 heterocycles. The minimum atomic E-state index is -0.622. The first-order chi connectivity index (χ1) is 13.1. The van der Waals surface area contributed by atoms with Crippen LogP contribution in [0, 0.1) is 6.92 Å². The van der Waals surface area contributed by atoms with Gasteiger partial charge in [-0.3, -0.25) is 9.59 Å². The van der Waals surface area contributed by atoms with Gasteiger partial charge in [0, 0.05) is 31.8 Å². The lowest BCUT2D eigenvalue weighted by molar-refractivity contribution is -0.143. The number of rotatable bonds is 2. The number of aryl methyl sites for hydroxylation is 1. The first-order valence-corrected chi connectivity index (χ1v) is 9.12. The Morgan fingerprint density at radius 2 is 1.85 bits per heavy atom. The summed E-state index contributed by atoms with van der Waals surface area (Å²) < 4.78 is 5.46. The van der Waals surface area contributed by atoms with Crippen molar-refractivity contribution in [1.82, 2.24) is 9.88 Å². The fourth-order valence-electron chi connectivity index (χ4n) is 3.59. The first kappa shape index (κ1) is 17.3. The molecule has 3 aromatic rings. The highest BCUT2D eigenvalue weighted by molar-refractivity contribution is 6.39. The monoisotopic (exact) mass is 363 g/mol. The number of amides is 2. The lowest BCUT2D eigenvalue weighted by Crippen LogP contribution is -2.43. The van der Waals surface area contributed by atoms with Crippen molar-refractivity contribution in [3.05, 3.63) is 60.0 Å². The Balaban J connectivity index is 1.37. The second kappa shape index (κ2) is 7.23. The molecular weight excluding hydrogens is 342 g/mol. The van der Waals surface area contributed by atoms with Gasteiger partial charge in [-0.15, -0.1) is 0 Å². The fraction of sp³-hybridized carbons (Fsp3) is 0.286. The second-order valence-electron chi connectivity index (χ2n) is 6.85. The van der Waals surface area contributed by atoms with Gasteiger partial charge in [0.15, 0.2) is 11.5 Å². The standard InChI is InChI=1S/C21H21N3O3/c1-14-22-18-8-7-17(13-19(18)27-14)23-20(25)21(26)24-11-9-16(10-12-24)15-5-3-2-4-6-15/h2-8,13,16H,9-12H2,1H3,(H,23,25). The van der Waals surface area contributed by atoms with E-state index < -0.39 is 11.8 Å². The van der Waals surface area contributed by atoms with E-state index in [2.05, 4.69) is 22.4 Å². The zero-order valence-electron chi connectivity index (χ0n) is 15.1. The molecule has 1 fully saturated rings. The number of benzene rings is 2. The van der Waals surface area contributed by atoms with E-state index in [1.165, 1.54) is 5.56 Å². The third-order valence-corrected chi connectivity index (χ3v) is 5.00. The van der Waals surface area contributed by atoms with Crippen molar-refractivity contribution in [2.75, 3.05) is 18.4 Å². The average molecular weight is 363 g/mol. The maximum Gasteiger partial charge on any atom is 0.313 e. The van der Waals surface area contributed by atoms with E-state index in [0.29, 0.717) is 36.2 Å². The number of nitrogens with zero attached hydrogens (tertiary/aromatic N) is 2. The number of likely N-dealkylation sites (tertiary alicyclic amines) is 1. The summed E-state index contributed by atoms with van der Waals surface area (Å²) >= 11 is 0. The molecule has 1 aliphatic heterocycles.